The summed E-state index contributed by atoms with van der Waals surface area (Å²) in [5.41, 5.74) is 14.4. The fraction of sp³-hybridized carbons (Fsp3) is 0.0545. The van der Waals surface area contributed by atoms with Crippen LogP contribution in [0.1, 0.15) is 25.0 Å². The molecular weight excluding hydrogens is 677 g/mol. The Hall–Kier alpha value is -6.96. The van der Waals surface area contributed by atoms with Crippen molar-refractivity contribution in [3.63, 3.8) is 0 Å². The van der Waals surface area contributed by atoms with Gasteiger partial charge in [0.2, 0.25) is 0 Å². The smallest absolute Gasteiger partial charge is 0.143 e. The predicted molar refractivity (Wildman–Crippen MR) is 238 cm³/mol. The van der Waals surface area contributed by atoms with Crippen LogP contribution >= 0.6 is 0 Å². The average molecular weight is 713 g/mol. The second-order valence-corrected chi connectivity index (χ2v) is 16.0. The van der Waals surface area contributed by atoms with Crippen LogP contribution in [0.3, 0.4) is 0 Å². The standard InChI is InChI=1S/C55H36O/c1-55(2)48-23-13-12-18-40(48)46-32-47-45-29-28-33-14-6-7-17-39(33)53(45)56-54(47)51(52(46)55)38-27-25-35-30-37(26-24-36(35)31-38)50-43-21-10-8-19-41(43)49(34-15-4-3-5-16-34)42-20-9-11-22-44(42)50/h3-32H,1-2H3. The molecule has 0 atom stereocenters. The van der Waals surface area contributed by atoms with Gasteiger partial charge in [0.25, 0.3) is 0 Å². The minimum absolute atomic E-state index is 0.205. The number of benzene rings is 10. The third-order valence-corrected chi connectivity index (χ3v) is 12.6. The van der Waals surface area contributed by atoms with Gasteiger partial charge in [-0.05, 0) is 112 Å². The Kier molecular flexibility index (Phi) is 6.46. The SMILES string of the molecule is CC1(C)c2ccccc2-c2cc3c(oc4c5ccccc5ccc34)c(-c3ccc4cc(-c5c6ccccc6c(-c6ccccc6)c6ccccc56)ccc4c3)c21. The summed E-state index contributed by atoms with van der Waals surface area (Å²) in [5.74, 6) is 0. The Bertz CT molecular complexity index is 3380. The molecule has 0 spiro atoms. The lowest BCUT2D eigenvalue weighted by Crippen LogP contribution is -2.16. The Morgan fingerprint density at radius 1 is 0.339 bits per heavy atom. The summed E-state index contributed by atoms with van der Waals surface area (Å²) in [4.78, 5) is 0. The second kappa shape index (κ2) is 11.5. The maximum absolute atomic E-state index is 7.08. The molecule has 0 N–H and O–H groups in total. The van der Waals surface area contributed by atoms with E-state index in [-0.39, 0.29) is 5.41 Å². The Balaban J connectivity index is 1.10. The summed E-state index contributed by atoms with van der Waals surface area (Å²) in [6.45, 7) is 4.74. The highest BCUT2D eigenvalue weighted by molar-refractivity contribution is 6.22. The zero-order valence-corrected chi connectivity index (χ0v) is 31.2. The van der Waals surface area contributed by atoms with Gasteiger partial charge in [-0.1, -0.05) is 172 Å². The van der Waals surface area contributed by atoms with Crippen molar-refractivity contribution < 1.29 is 4.42 Å². The molecule has 1 heteroatoms. The van der Waals surface area contributed by atoms with Crippen molar-refractivity contribution in [3.05, 3.63) is 193 Å². The summed E-state index contributed by atoms with van der Waals surface area (Å²) in [5, 5.41) is 12.2. The van der Waals surface area contributed by atoms with Crippen LogP contribution in [0, 0.1) is 0 Å². The molecule has 1 heterocycles. The van der Waals surface area contributed by atoms with Crippen molar-refractivity contribution in [3.8, 4) is 44.5 Å². The molecule has 1 aliphatic rings. The van der Waals surface area contributed by atoms with Crippen LogP contribution in [0.25, 0.3) is 110 Å². The van der Waals surface area contributed by atoms with E-state index in [1.165, 1.54) is 98.7 Å². The number of hydrogen-bond acceptors (Lipinski definition) is 1. The third-order valence-electron chi connectivity index (χ3n) is 12.6. The van der Waals surface area contributed by atoms with Gasteiger partial charge in [0, 0.05) is 27.1 Å². The van der Waals surface area contributed by atoms with E-state index < -0.39 is 0 Å². The fourth-order valence-electron chi connectivity index (χ4n) is 10.1. The van der Waals surface area contributed by atoms with Crippen molar-refractivity contribution in [2.75, 3.05) is 0 Å². The highest BCUT2D eigenvalue weighted by Crippen LogP contribution is 2.56. The average Bonchev–Trinajstić information content (AvgIpc) is 3.74. The maximum atomic E-state index is 7.08. The van der Waals surface area contributed by atoms with E-state index in [9.17, 15) is 0 Å². The molecule has 0 fully saturated rings. The molecule has 0 radical (unpaired) electrons. The first kappa shape index (κ1) is 31.4. The van der Waals surface area contributed by atoms with Crippen LogP contribution in [0.15, 0.2) is 186 Å². The monoisotopic (exact) mass is 712 g/mol. The molecule has 0 saturated heterocycles. The van der Waals surface area contributed by atoms with Crippen molar-refractivity contribution in [2.45, 2.75) is 19.3 Å². The molecule has 1 nitrogen and oxygen atoms in total. The molecule has 0 saturated carbocycles. The van der Waals surface area contributed by atoms with Gasteiger partial charge in [0.05, 0.1) is 0 Å². The molecule has 10 aromatic carbocycles. The van der Waals surface area contributed by atoms with E-state index in [1.54, 1.807) is 0 Å². The molecule has 0 bridgehead atoms. The van der Waals surface area contributed by atoms with Gasteiger partial charge < -0.3 is 4.42 Å². The summed E-state index contributed by atoms with van der Waals surface area (Å²) < 4.78 is 7.08. The van der Waals surface area contributed by atoms with Gasteiger partial charge in [0.1, 0.15) is 11.2 Å². The summed E-state index contributed by atoms with van der Waals surface area (Å²) >= 11 is 0. The van der Waals surface area contributed by atoms with Crippen molar-refractivity contribution in [1.82, 2.24) is 0 Å². The maximum Gasteiger partial charge on any atom is 0.143 e. The Morgan fingerprint density at radius 2 is 0.875 bits per heavy atom. The van der Waals surface area contributed by atoms with Crippen LogP contribution in [0.5, 0.6) is 0 Å². The van der Waals surface area contributed by atoms with E-state index in [0.717, 1.165) is 21.9 Å². The van der Waals surface area contributed by atoms with E-state index in [2.05, 4.69) is 196 Å². The van der Waals surface area contributed by atoms with Gasteiger partial charge in [0.15, 0.2) is 0 Å². The molecule has 12 rings (SSSR count). The van der Waals surface area contributed by atoms with E-state index in [0.29, 0.717) is 0 Å². The first-order valence-electron chi connectivity index (χ1n) is 19.6. The molecule has 1 aromatic heterocycles. The molecule has 1 aliphatic carbocycles. The zero-order valence-electron chi connectivity index (χ0n) is 31.2. The van der Waals surface area contributed by atoms with Gasteiger partial charge in [-0.15, -0.1) is 0 Å². The van der Waals surface area contributed by atoms with Crippen molar-refractivity contribution >= 4 is 65.0 Å². The molecule has 262 valence electrons. The van der Waals surface area contributed by atoms with E-state index in [4.69, 9.17) is 4.42 Å². The topological polar surface area (TPSA) is 13.1 Å². The lowest BCUT2D eigenvalue weighted by molar-refractivity contribution is 0.651. The summed E-state index contributed by atoms with van der Waals surface area (Å²) in [6.07, 6.45) is 0. The van der Waals surface area contributed by atoms with Crippen LogP contribution in [0.2, 0.25) is 0 Å². The van der Waals surface area contributed by atoms with Crippen LogP contribution in [0.4, 0.5) is 0 Å². The molecule has 56 heavy (non-hydrogen) atoms. The minimum Gasteiger partial charge on any atom is -0.455 e. The molecular formula is C55H36O. The van der Waals surface area contributed by atoms with E-state index >= 15 is 0 Å². The number of hydrogen-bond donors (Lipinski definition) is 0. The summed E-state index contributed by atoms with van der Waals surface area (Å²) in [6, 6.07) is 67.0. The van der Waals surface area contributed by atoms with Crippen LogP contribution < -0.4 is 0 Å². The summed E-state index contributed by atoms with van der Waals surface area (Å²) in [7, 11) is 0. The second-order valence-electron chi connectivity index (χ2n) is 16.0. The Labute approximate surface area is 325 Å². The fourth-order valence-corrected chi connectivity index (χ4v) is 10.1. The number of rotatable bonds is 3. The predicted octanol–water partition coefficient (Wildman–Crippen LogP) is 15.5. The third kappa shape index (κ3) is 4.31. The largest absolute Gasteiger partial charge is 0.455 e. The van der Waals surface area contributed by atoms with E-state index in [1.807, 2.05) is 0 Å². The van der Waals surface area contributed by atoms with Crippen molar-refractivity contribution in [1.29, 1.82) is 0 Å². The molecule has 0 aliphatic heterocycles. The molecule has 11 aromatic rings. The first-order chi connectivity index (χ1) is 27.5. The highest BCUT2D eigenvalue weighted by Gasteiger charge is 2.39. The first-order valence-corrected chi connectivity index (χ1v) is 19.6. The molecule has 0 unspecified atom stereocenters. The number of fused-ring (bicyclic) bond motifs is 11. The normalized spacial score (nSPS) is 13.3. The van der Waals surface area contributed by atoms with Gasteiger partial charge in [-0.2, -0.15) is 0 Å². The quantitative estimate of drug-likeness (QED) is 0.166. The van der Waals surface area contributed by atoms with Crippen LogP contribution in [-0.4, -0.2) is 0 Å². The van der Waals surface area contributed by atoms with Gasteiger partial charge >= 0.3 is 0 Å². The zero-order chi connectivity index (χ0) is 37.1. The molecule has 0 amide bonds. The lowest BCUT2D eigenvalue weighted by atomic mass is 9.78. The van der Waals surface area contributed by atoms with Crippen LogP contribution in [-0.2, 0) is 5.41 Å². The van der Waals surface area contributed by atoms with Crippen molar-refractivity contribution in [2.24, 2.45) is 0 Å². The Morgan fingerprint density at radius 3 is 1.55 bits per heavy atom. The lowest BCUT2D eigenvalue weighted by Gasteiger charge is -2.25. The van der Waals surface area contributed by atoms with Gasteiger partial charge in [-0.25, -0.2) is 0 Å². The number of furan rings is 1. The minimum atomic E-state index is -0.205. The van der Waals surface area contributed by atoms with Gasteiger partial charge in [-0.3, -0.25) is 0 Å². The highest BCUT2D eigenvalue weighted by atomic mass is 16.3.